The highest BCUT2D eigenvalue weighted by Gasteiger charge is 2.09. The second-order valence-corrected chi connectivity index (χ2v) is 5.61. The fraction of sp³-hybridized carbons (Fsp3) is 0.333. The zero-order valence-corrected chi connectivity index (χ0v) is 13.3. The van der Waals surface area contributed by atoms with Crippen LogP contribution >= 0.6 is 0 Å². The van der Waals surface area contributed by atoms with Gasteiger partial charge in [-0.15, -0.1) is 0 Å². The Balaban J connectivity index is 1.90. The van der Waals surface area contributed by atoms with E-state index in [0.29, 0.717) is 12.2 Å². The lowest BCUT2D eigenvalue weighted by Gasteiger charge is -2.07. The molecule has 1 aromatic heterocycles. The maximum absolute atomic E-state index is 12.0. The molecular weight excluding hydrogens is 296 g/mol. The molecule has 0 N–H and O–H groups in total. The van der Waals surface area contributed by atoms with Crippen LogP contribution in [-0.2, 0) is 22.7 Å². The number of ether oxygens (including phenoxy) is 2. The van der Waals surface area contributed by atoms with Crippen molar-refractivity contribution < 1.29 is 18.7 Å². The van der Waals surface area contributed by atoms with E-state index in [1.54, 1.807) is 0 Å². The number of hydrogen-bond acceptors (Lipinski definition) is 5. The van der Waals surface area contributed by atoms with E-state index in [9.17, 15) is 9.59 Å². The van der Waals surface area contributed by atoms with Crippen LogP contribution in [0.4, 0.5) is 0 Å². The van der Waals surface area contributed by atoms with Crippen LogP contribution in [0.15, 0.2) is 51.9 Å². The molecule has 5 nitrogen and oxygen atoms in total. The van der Waals surface area contributed by atoms with Crippen LogP contribution in [0.1, 0.15) is 31.6 Å². The molecule has 1 heterocycles. The molecule has 2 rings (SSSR count). The Hall–Kier alpha value is -2.56. The molecule has 1 aromatic carbocycles. The summed E-state index contributed by atoms with van der Waals surface area (Å²) in [5.41, 5.74) is 0.653. The first-order valence-corrected chi connectivity index (χ1v) is 7.48. The Morgan fingerprint density at radius 2 is 1.91 bits per heavy atom. The minimum absolute atomic E-state index is 0.0558. The van der Waals surface area contributed by atoms with Gasteiger partial charge in [0.15, 0.2) is 0 Å². The van der Waals surface area contributed by atoms with Gasteiger partial charge in [0.2, 0.25) is 11.2 Å². The molecule has 2 aromatic rings. The van der Waals surface area contributed by atoms with Crippen molar-refractivity contribution in [1.82, 2.24) is 0 Å². The second kappa shape index (κ2) is 8.17. The Bertz CT molecular complexity index is 688. The maximum atomic E-state index is 12.0. The highest BCUT2D eigenvalue weighted by atomic mass is 16.5. The lowest BCUT2D eigenvalue weighted by molar-refractivity contribution is -0.146. The van der Waals surface area contributed by atoms with Crippen LogP contribution in [0.25, 0.3) is 0 Å². The highest BCUT2D eigenvalue weighted by Crippen LogP contribution is 2.10. The summed E-state index contributed by atoms with van der Waals surface area (Å²) in [5.74, 6) is 0.334. The summed E-state index contributed by atoms with van der Waals surface area (Å²) in [4.78, 5) is 23.4. The number of carbonyl (C=O) groups excluding carboxylic acids is 1. The molecule has 0 bridgehead atoms. The van der Waals surface area contributed by atoms with Gasteiger partial charge in [-0.05, 0) is 11.5 Å². The number of rotatable bonds is 7. The summed E-state index contributed by atoms with van der Waals surface area (Å²) in [6, 6.07) is 10.8. The van der Waals surface area contributed by atoms with Gasteiger partial charge in [0.1, 0.15) is 25.2 Å². The molecule has 0 aliphatic carbocycles. The third-order valence-electron chi connectivity index (χ3n) is 3.04. The molecule has 0 atom stereocenters. The number of carbonyl (C=O) groups is 1. The van der Waals surface area contributed by atoms with Crippen molar-refractivity contribution in [2.24, 2.45) is 5.92 Å². The molecule has 0 saturated heterocycles. The molecule has 0 unspecified atom stereocenters. The predicted molar refractivity (Wildman–Crippen MR) is 85.0 cm³/mol. The van der Waals surface area contributed by atoms with E-state index < -0.39 is 0 Å². The van der Waals surface area contributed by atoms with Gasteiger partial charge in [-0.25, -0.2) is 0 Å². The molecule has 0 aliphatic rings. The third-order valence-corrected chi connectivity index (χ3v) is 3.04. The first-order chi connectivity index (χ1) is 11.0. The lowest BCUT2D eigenvalue weighted by Crippen LogP contribution is -2.11. The molecule has 0 saturated carbocycles. The maximum Gasteiger partial charge on any atom is 0.306 e. The van der Waals surface area contributed by atoms with Crippen molar-refractivity contribution in [3.8, 4) is 5.75 Å². The monoisotopic (exact) mass is 316 g/mol. The molecule has 0 amide bonds. The Morgan fingerprint density at radius 1 is 1.17 bits per heavy atom. The van der Waals surface area contributed by atoms with E-state index in [1.807, 2.05) is 44.2 Å². The van der Waals surface area contributed by atoms with Crippen LogP contribution in [-0.4, -0.2) is 5.97 Å². The SMILES string of the molecule is CC(C)CC(=O)OCc1cc(=O)c(OCc2ccccc2)co1. The van der Waals surface area contributed by atoms with E-state index in [1.165, 1.54) is 12.3 Å². The summed E-state index contributed by atoms with van der Waals surface area (Å²) < 4.78 is 15.8. The summed E-state index contributed by atoms with van der Waals surface area (Å²) in [7, 11) is 0. The van der Waals surface area contributed by atoms with E-state index >= 15 is 0 Å². The average molecular weight is 316 g/mol. The molecular formula is C18H20O5. The van der Waals surface area contributed by atoms with Crippen LogP contribution in [0.3, 0.4) is 0 Å². The predicted octanol–water partition coefficient (Wildman–Crippen LogP) is 3.31. The van der Waals surface area contributed by atoms with Crippen LogP contribution in [0.2, 0.25) is 0 Å². The van der Waals surface area contributed by atoms with Crippen molar-refractivity contribution in [2.75, 3.05) is 0 Å². The first kappa shape index (κ1) is 16.8. The molecule has 0 fully saturated rings. The standard InChI is InChI=1S/C18H20O5/c1-13(2)8-18(20)23-11-15-9-16(19)17(12-21-15)22-10-14-6-4-3-5-7-14/h3-7,9,12-13H,8,10-11H2,1-2H3. The first-order valence-electron chi connectivity index (χ1n) is 7.48. The minimum Gasteiger partial charge on any atom is -0.482 e. The van der Waals surface area contributed by atoms with E-state index in [2.05, 4.69) is 0 Å². The average Bonchev–Trinajstić information content (AvgIpc) is 2.52. The highest BCUT2D eigenvalue weighted by molar-refractivity contribution is 5.69. The van der Waals surface area contributed by atoms with Crippen LogP contribution in [0.5, 0.6) is 5.75 Å². The van der Waals surface area contributed by atoms with Gasteiger partial charge in [-0.1, -0.05) is 44.2 Å². The van der Waals surface area contributed by atoms with Crippen LogP contribution < -0.4 is 10.2 Å². The van der Waals surface area contributed by atoms with Gasteiger partial charge >= 0.3 is 5.97 Å². The van der Waals surface area contributed by atoms with E-state index in [4.69, 9.17) is 13.9 Å². The number of benzene rings is 1. The van der Waals surface area contributed by atoms with Gasteiger partial charge < -0.3 is 13.9 Å². The largest absolute Gasteiger partial charge is 0.482 e. The second-order valence-electron chi connectivity index (χ2n) is 5.61. The summed E-state index contributed by atoms with van der Waals surface area (Å²) in [6.45, 7) is 4.09. The quantitative estimate of drug-likeness (QED) is 0.733. The summed E-state index contributed by atoms with van der Waals surface area (Å²) in [6.07, 6.45) is 1.58. The lowest BCUT2D eigenvalue weighted by atomic mass is 10.1. The summed E-state index contributed by atoms with van der Waals surface area (Å²) >= 11 is 0. The Kier molecular flexibility index (Phi) is 5.97. The van der Waals surface area contributed by atoms with Crippen molar-refractivity contribution in [3.05, 3.63) is 64.2 Å². The van der Waals surface area contributed by atoms with Gasteiger partial charge in [0.25, 0.3) is 0 Å². The van der Waals surface area contributed by atoms with Crippen molar-refractivity contribution in [3.63, 3.8) is 0 Å². The van der Waals surface area contributed by atoms with Crippen molar-refractivity contribution in [1.29, 1.82) is 0 Å². The van der Waals surface area contributed by atoms with E-state index in [-0.39, 0.29) is 36.3 Å². The topological polar surface area (TPSA) is 65.7 Å². The van der Waals surface area contributed by atoms with Gasteiger partial charge in [-0.3, -0.25) is 9.59 Å². The third kappa shape index (κ3) is 5.62. The fourth-order valence-electron chi connectivity index (χ4n) is 1.90. The fourth-order valence-corrected chi connectivity index (χ4v) is 1.90. The molecule has 5 heteroatoms. The molecule has 0 radical (unpaired) electrons. The van der Waals surface area contributed by atoms with Gasteiger partial charge in [0, 0.05) is 12.5 Å². The molecule has 23 heavy (non-hydrogen) atoms. The number of esters is 1. The number of hydrogen-bond donors (Lipinski definition) is 0. The Labute approximate surface area is 134 Å². The van der Waals surface area contributed by atoms with Gasteiger partial charge in [0.05, 0.1) is 0 Å². The normalized spacial score (nSPS) is 10.6. The van der Waals surface area contributed by atoms with Crippen LogP contribution in [0, 0.1) is 5.92 Å². The molecule has 122 valence electrons. The van der Waals surface area contributed by atoms with E-state index in [0.717, 1.165) is 5.56 Å². The smallest absolute Gasteiger partial charge is 0.306 e. The van der Waals surface area contributed by atoms with Crippen molar-refractivity contribution in [2.45, 2.75) is 33.5 Å². The Morgan fingerprint density at radius 3 is 2.57 bits per heavy atom. The van der Waals surface area contributed by atoms with Crippen molar-refractivity contribution >= 4 is 5.97 Å². The van der Waals surface area contributed by atoms with Gasteiger partial charge in [-0.2, -0.15) is 0 Å². The molecule has 0 spiro atoms. The molecule has 0 aliphatic heterocycles. The summed E-state index contributed by atoms with van der Waals surface area (Å²) in [5, 5.41) is 0. The minimum atomic E-state index is -0.313. The zero-order chi connectivity index (χ0) is 16.7. The zero-order valence-electron chi connectivity index (χ0n) is 13.3.